The normalized spacial score (nSPS) is 13.2. The molecule has 0 aliphatic carbocycles. The van der Waals surface area contributed by atoms with E-state index in [1.54, 1.807) is 0 Å². The molecular weight excluding hydrogens is 400 g/mol. The number of nitrogens with two attached hydrogens (primary N) is 1. The van der Waals surface area contributed by atoms with Crippen molar-refractivity contribution in [2.45, 2.75) is 56.7 Å². The molecule has 0 saturated carbocycles. The summed E-state index contributed by atoms with van der Waals surface area (Å²) in [6.45, 7) is 3.27. The second-order valence-electron chi connectivity index (χ2n) is 6.36. The lowest BCUT2D eigenvalue weighted by Crippen LogP contribution is -2.52. The standard InChI is InChI=1S/C18H26N4O8/c1-2-10(23)3-7-14(18(29)30)22-16(26)13(6-4-11(24)9-19)21-15(25)8-5-12(20)17(27)28/h2,9,12-14,19H,1,3-8,20H2,(H,21,25)(H,22,26)(H,27,28)(H,29,30)/t12-,13-,14-/m0/s1. The first-order valence-corrected chi connectivity index (χ1v) is 9.01. The zero-order valence-corrected chi connectivity index (χ0v) is 16.3. The molecule has 0 saturated heterocycles. The largest absolute Gasteiger partial charge is 0.480 e. The van der Waals surface area contributed by atoms with Crippen LogP contribution in [0.1, 0.15) is 38.5 Å². The molecule has 12 heteroatoms. The van der Waals surface area contributed by atoms with Crippen molar-refractivity contribution in [3.05, 3.63) is 12.7 Å². The maximum Gasteiger partial charge on any atom is 0.326 e. The van der Waals surface area contributed by atoms with Crippen molar-refractivity contribution in [2.75, 3.05) is 0 Å². The summed E-state index contributed by atoms with van der Waals surface area (Å²) >= 11 is 0. The van der Waals surface area contributed by atoms with Gasteiger partial charge < -0.3 is 32.0 Å². The van der Waals surface area contributed by atoms with Crippen LogP contribution in [0.5, 0.6) is 0 Å². The van der Waals surface area contributed by atoms with E-state index in [1.165, 1.54) is 0 Å². The van der Waals surface area contributed by atoms with E-state index in [0.717, 1.165) is 6.08 Å². The number of carboxylic acids is 2. The van der Waals surface area contributed by atoms with Gasteiger partial charge in [0.1, 0.15) is 18.1 Å². The maximum absolute atomic E-state index is 12.5. The summed E-state index contributed by atoms with van der Waals surface area (Å²) in [4.78, 5) is 69.2. The van der Waals surface area contributed by atoms with Crippen molar-refractivity contribution in [3.8, 4) is 0 Å². The van der Waals surface area contributed by atoms with E-state index >= 15 is 0 Å². The average molecular weight is 426 g/mol. The molecule has 0 aromatic rings. The maximum atomic E-state index is 12.5. The molecule has 0 radical (unpaired) electrons. The van der Waals surface area contributed by atoms with Crippen LogP contribution >= 0.6 is 0 Å². The number of carbonyl (C=O) groups excluding carboxylic acids is 4. The average Bonchev–Trinajstić information content (AvgIpc) is 2.70. The smallest absolute Gasteiger partial charge is 0.326 e. The zero-order valence-electron chi connectivity index (χ0n) is 16.3. The molecule has 0 unspecified atom stereocenters. The van der Waals surface area contributed by atoms with E-state index in [1.807, 2.05) is 0 Å². The number of ketones is 2. The molecule has 2 amide bonds. The third-order valence-corrected chi connectivity index (χ3v) is 4.01. The number of amides is 2. The number of Topliss-reactive ketones (excluding diaryl/α,β-unsaturated/α-hetero) is 1. The Morgan fingerprint density at radius 1 is 0.867 bits per heavy atom. The molecule has 7 N–H and O–H groups in total. The Labute approximate surface area is 172 Å². The Balaban J connectivity index is 5.12. The molecule has 0 aromatic heterocycles. The summed E-state index contributed by atoms with van der Waals surface area (Å²) in [5.74, 6) is -5.33. The molecule has 0 heterocycles. The molecule has 0 rings (SSSR count). The van der Waals surface area contributed by atoms with E-state index in [9.17, 15) is 33.9 Å². The molecule has 30 heavy (non-hydrogen) atoms. The van der Waals surface area contributed by atoms with Crippen LogP contribution in [-0.2, 0) is 28.8 Å². The molecule has 0 bridgehead atoms. The lowest BCUT2D eigenvalue weighted by Gasteiger charge is -2.21. The number of carboxylic acid groups (broad SMARTS) is 2. The van der Waals surface area contributed by atoms with Gasteiger partial charge in [0, 0.05) is 19.3 Å². The summed E-state index contributed by atoms with van der Waals surface area (Å²) in [6, 6.07) is -4.00. The summed E-state index contributed by atoms with van der Waals surface area (Å²) < 4.78 is 0. The second-order valence-corrected chi connectivity index (χ2v) is 6.36. The monoisotopic (exact) mass is 426 g/mol. The first-order valence-electron chi connectivity index (χ1n) is 9.01. The second kappa shape index (κ2) is 13.7. The first-order chi connectivity index (χ1) is 14.0. The van der Waals surface area contributed by atoms with E-state index in [2.05, 4.69) is 17.2 Å². The highest BCUT2D eigenvalue weighted by Gasteiger charge is 2.27. The van der Waals surface area contributed by atoms with Gasteiger partial charge in [-0.3, -0.25) is 24.0 Å². The highest BCUT2D eigenvalue weighted by Crippen LogP contribution is 2.05. The van der Waals surface area contributed by atoms with Crippen LogP contribution in [0.3, 0.4) is 0 Å². The van der Waals surface area contributed by atoms with Crippen LogP contribution in [0.2, 0.25) is 0 Å². The van der Waals surface area contributed by atoms with Gasteiger partial charge in [-0.2, -0.15) is 0 Å². The van der Waals surface area contributed by atoms with Crippen LogP contribution in [-0.4, -0.2) is 69.9 Å². The van der Waals surface area contributed by atoms with Gasteiger partial charge in [0.15, 0.2) is 11.6 Å². The first kappa shape index (κ1) is 26.6. The fourth-order valence-corrected chi connectivity index (χ4v) is 2.22. The van der Waals surface area contributed by atoms with Crippen LogP contribution in [0.15, 0.2) is 12.7 Å². The van der Waals surface area contributed by atoms with Gasteiger partial charge in [-0.05, 0) is 25.3 Å². The molecule has 0 aliphatic rings. The van der Waals surface area contributed by atoms with Crippen molar-refractivity contribution >= 4 is 41.5 Å². The van der Waals surface area contributed by atoms with Crippen LogP contribution in [0.4, 0.5) is 0 Å². The van der Waals surface area contributed by atoms with Gasteiger partial charge in [-0.25, -0.2) is 4.79 Å². The molecule has 0 fully saturated rings. The zero-order chi connectivity index (χ0) is 23.3. The van der Waals surface area contributed by atoms with Gasteiger partial charge in [0.25, 0.3) is 0 Å². The van der Waals surface area contributed by atoms with Crippen molar-refractivity contribution in [3.63, 3.8) is 0 Å². The Morgan fingerprint density at radius 2 is 1.43 bits per heavy atom. The van der Waals surface area contributed by atoms with Gasteiger partial charge in [0.05, 0.1) is 6.21 Å². The number of carbonyl (C=O) groups is 6. The number of nitrogens with one attached hydrogen (secondary N) is 3. The molecule has 3 atom stereocenters. The van der Waals surface area contributed by atoms with Crippen molar-refractivity contribution in [1.29, 1.82) is 5.41 Å². The molecule has 166 valence electrons. The van der Waals surface area contributed by atoms with E-state index in [0.29, 0.717) is 6.21 Å². The fourth-order valence-electron chi connectivity index (χ4n) is 2.22. The van der Waals surface area contributed by atoms with Gasteiger partial charge in [-0.15, -0.1) is 0 Å². The molecule has 12 nitrogen and oxygen atoms in total. The Hall–Kier alpha value is -3.41. The molecule has 0 aliphatic heterocycles. The van der Waals surface area contributed by atoms with Crippen LogP contribution < -0.4 is 16.4 Å². The molecule has 0 spiro atoms. The van der Waals surface area contributed by atoms with Crippen molar-refractivity contribution < 1.29 is 39.0 Å². The Morgan fingerprint density at radius 3 is 1.93 bits per heavy atom. The molecular formula is C18H26N4O8. The SMILES string of the molecule is C=CC(=O)CC[C@H](NC(=O)[C@H](CCC(=O)C=N)NC(=O)CC[C@H](N)C(=O)O)C(=O)O. The Kier molecular flexibility index (Phi) is 12.2. The van der Waals surface area contributed by atoms with E-state index in [4.69, 9.17) is 16.2 Å². The molecule has 0 aromatic carbocycles. The number of hydrogen-bond acceptors (Lipinski definition) is 8. The number of aliphatic carboxylic acids is 2. The highest BCUT2D eigenvalue weighted by atomic mass is 16.4. The highest BCUT2D eigenvalue weighted by molar-refractivity contribution is 6.26. The number of allylic oxidation sites excluding steroid dienone is 1. The lowest BCUT2D eigenvalue weighted by atomic mass is 10.0. The fraction of sp³-hybridized carbons (Fsp3) is 0.500. The lowest BCUT2D eigenvalue weighted by molar-refractivity contribution is -0.142. The quantitative estimate of drug-likeness (QED) is 0.128. The summed E-state index contributed by atoms with van der Waals surface area (Å²) in [6.07, 6.45) is 0.203. The minimum atomic E-state index is -1.42. The van der Waals surface area contributed by atoms with Gasteiger partial charge >= 0.3 is 11.9 Å². The van der Waals surface area contributed by atoms with Crippen molar-refractivity contribution in [1.82, 2.24) is 10.6 Å². The van der Waals surface area contributed by atoms with E-state index < -0.39 is 53.4 Å². The topological polar surface area (TPSA) is 217 Å². The van der Waals surface area contributed by atoms with Gasteiger partial charge in [0.2, 0.25) is 11.8 Å². The predicted molar refractivity (Wildman–Crippen MR) is 104 cm³/mol. The van der Waals surface area contributed by atoms with Gasteiger partial charge in [-0.1, -0.05) is 6.58 Å². The minimum Gasteiger partial charge on any atom is -0.480 e. The third-order valence-electron chi connectivity index (χ3n) is 4.01. The van der Waals surface area contributed by atoms with E-state index in [-0.39, 0.29) is 38.5 Å². The summed E-state index contributed by atoms with van der Waals surface area (Å²) in [5.41, 5.74) is 5.31. The predicted octanol–water partition coefficient (Wildman–Crippen LogP) is -1.23. The number of rotatable bonds is 16. The Bertz CT molecular complexity index is 706. The summed E-state index contributed by atoms with van der Waals surface area (Å²) in [7, 11) is 0. The number of hydrogen-bond donors (Lipinski definition) is 6. The van der Waals surface area contributed by atoms with Crippen LogP contribution in [0, 0.1) is 5.41 Å². The minimum absolute atomic E-state index is 0.170. The van der Waals surface area contributed by atoms with Crippen molar-refractivity contribution in [2.24, 2.45) is 5.73 Å². The summed E-state index contributed by atoms with van der Waals surface area (Å²) in [5, 5.41) is 29.4. The third kappa shape index (κ3) is 10.8. The van der Waals surface area contributed by atoms with Crippen LogP contribution in [0.25, 0.3) is 0 Å².